The summed E-state index contributed by atoms with van der Waals surface area (Å²) in [5.41, 5.74) is 5.41. The number of nitrogens with two attached hydrogens (primary N) is 1. The van der Waals surface area contributed by atoms with E-state index in [-0.39, 0.29) is 17.9 Å². The number of hydrogen-bond donors (Lipinski definition) is 3. The summed E-state index contributed by atoms with van der Waals surface area (Å²) < 4.78 is 0. The smallest absolute Gasteiger partial charge is 0.224 e. The van der Waals surface area contributed by atoms with Crippen molar-refractivity contribution in [3.05, 3.63) is 0 Å². The average molecular weight is 240 g/mol. The zero-order valence-electron chi connectivity index (χ0n) is 10.5. The van der Waals surface area contributed by atoms with Gasteiger partial charge in [0.25, 0.3) is 0 Å². The van der Waals surface area contributed by atoms with Crippen LogP contribution in [0.4, 0.5) is 0 Å². The Hall–Kier alpha value is -0.610. The van der Waals surface area contributed by atoms with Gasteiger partial charge >= 0.3 is 0 Å². The molecular formula is C13H24N2O2. The van der Waals surface area contributed by atoms with Crippen molar-refractivity contribution in [2.24, 2.45) is 11.7 Å². The first-order valence-electron chi connectivity index (χ1n) is 6.86. The second kappa shape index (κ2) is 5.36. The second-order valence-corrected chi connectivity index (χ2v) is 5.70. The molecule has 2 rings (SSSR count). The van der Waals surface area contributed by atoms with Gasteiger partial charge in [-0.15, -0.1) is 0 Å². The highest BCUT2D eigenvalue weighted by atomic mass is 16.3. The average Bonchev–Trinajstić information content (AvgIpc) is 2.48. The molecule has 17 heavy (non-hydrogen) atoms. The highest BCUT2D eigenvalue weighted by molar-refractivity contribution is 5.79. The maximum atomic E-state index is 12.0. The molecule has 2 atom stereocenters. The van der Waals surface area contributed by atoms with Gasteiger partial charge in [-0.25, -0.2) is 0 Å². The molecule has 0 aromatic carbocycles. The van der Waals surface area contributed by atoms with Crippen molar-refractivity contribution in [1.82, 2.24) is 5.32 Å². The van der Waals surface area contributed by atoms with Gasteiger partial charge in [0.05, 0.1) is 11.5 Å². The van der Waals surface area contributed by atoms with E-state index in [9.17, 15) is 9.90 Å². The third-order valence-corrected chi connectivity index (χ3v) is 4.28. The first-order valence-corrected chi connectivity index (χ1v) is 6.86. The summed E-state index contributed by atoms with van der Waals surface area (Å²) in [4.78, 5) is 12.0. The Bertz CT molecular complexity index is 277. The van der Waals surface area contributed by atoms with Crippen molar-refractivity contribution in [2.75, 3.05) is 6.54 Å². The number of nitrogens with one attached hydrogen (secondary N) is 1. The molecule has 98 valence electrons. The van der Waals surface area contributed by atoms with Gasteiger partial charge in [-0.2, -0.15) is 0 Å². The molecule has 2 saturated carbocycles. The third kappa shape index (κ3) is 3.19. The van der Waals surface area contributed by atoms with Gasteiger partial charge in [-0.1, -0.05) is 19.3 Å². The first-order chi connectivity index (χ1) is 8.11. The summed E-state index contributed by atoms with van der Waals surface area (Å²) in [6.45, 7) is 0.398. The largest absolute Gasteiger partial charge is 0.388 e. The fourth-order valence-corrected chi connectivity index (χ4v) is 2.81. The van der Waals surface area contributed by atoms with Crippen LogP contribution in [0.3, 0.4) is 0 Å². The summed E-state index contributed by atoms with van der Waals surface area (Å²) in [5, 5.41) is 12.8. The Morgan fingerprint density at radius 2 is 1.94 bits per heavy atom. The third-order valence-electron chi connectivity index (χ3n) is 4.28. The number of rotatable bonds is 3. The van der Waals surface area contributed by atoms with Gasteiger partial charge < -0.3 is 16.2 Å². The molecule has 2 aliphatic carbocycles. The molecule has 1 amide bonds. The van der Waals surface area contributed by atoms with E-state index in [4.69, 9.17) is 5.73 Å². The molecule has 0 saturated heterocycles. The lowest BCUT2D eigenvalue weighted by molar-refractivity contribution is -0.128. The molecule has 2 fully saturated rings. The molecule has 0 spiro atoms. The molecule has 2 unspecified atom stereocenters. The minimum absolute atomic E-state index is 0.00599. The van der Waals surface area contributed by atoms with E-state index in [1.165, 1.54) is 6.42 Å². The molecule has 4 heteroatoms. The number of hydrogen-bond acceptors (Lipinski definition) is 3. The summed E-state index contributed by atoms with van der Waals surface area (Å²) in [6, 6.07) is -0.00599. The van der Waals surface area contributed by atoms with Crippen molar-refractivity contribution in [3.8, 4) is 0 Å². The molecule has 0 aromatic heterocycles. The number of amides is 1. The van der Waals surface area contributed by atoms with Gasteiger partial charge in [0, 0.05) is 12.6 Å². The number of carbonyl (C=O) groups excluding carboxylic acids is 1. The van der Waals surface area contributed by atoms with Gasteiger partial charge in [0.15, 0.2) is 0 Å². The topological polar surface area (TPSA) is 75.4 Å². The summed E-state index contributed by atoms with van der Waals surface area (Å²) in [6.07, 6.45) is 7.93. The molecule has 0 bridgehead atoms. The maximum Gasteiger partial charge on any atom is 0.224 e. The fraction of sp³-hybridized carbons (Fsp3) is 0.923. The molecule has 0 aromatic rings. The lowest BCUT2D eigenvalue weighted by Gasteiger charge is -2.37. The van der Waals surface area contributed by atoms with Gasteiger partial charge in [-0.05, 0) is 32.1 Å². The van der Waals surface area contributed by atoms with E-state index in [0.717, 1.165) is 44.9 Å². The zero-order chi connectivity index (χ0) is 12.3. The van der Waals surface area contributed by atoms with Crippen molar-refractivity contribution in [1.29, 1.82) is 0 Å². The van der Waals surface area contributed by atoms with Crippen LogP contribution in [0.2, 0.25) is 0 Å². The molecule has 0 aliphatic heterocycles. The van der Waals surface area contributed by atoms with E-state index in [1.807, 2.05) is 0 Å². The summed E-state index contributed by atoms with van der Waals surface area (Å²) in [5.74, 6) is -0.0131. The Kier molecular flexibility index (Phi) is 4.05. The van der Waals surface area contributed by atoms with Crippen LogP contribution < -0.4 is 11.1 Å². The van der Waals surface area contributed by atoms with Gasteiger partial charge in [0.1, 0.15) is 0 Å². The van der Waals surface area contributed by atoms with E-state index < -0.39 is 5.60 Å². The van der Waals surface area contributed by atoms with Crippen LogP contribution in [0.5, 0.6) is 0 Å². The standard InChI is InChI=1S/C13H24N2O2/c14-11-6-3-1-2-5-10(11)12(16)15-9-13(17)7-4-8-13/h10-11,17H,1-9,14H2,(H,15,16). The molecular weight excluding hydrogens is 216 g/mol. The Balaban J connectivity index is 1.81. The first kappa shape index (κ1) is 12.8. The van der Waals surface area contributed by atoms with Gasteiger partial charge in [-0.3, -0.25) is 4.79 Å². The van der Waals surface area contributed by atoms with Crippen LogP contribution in [-0.4, -0.2) is 29.2 Å². The monoisotopic (exact) mass is 240 g/mol. The summed E-state index contributed by atoms with van der Waals surface area (Å²) in [7, 11) is 0. The molecule has 4 N–H and O–H groups in total. The minimum atomic E-state index is -0.634. The SMILES string of the molecule is NC1CCCCCC1C(=O)NCC1(O)CCC1. The molecule has 0 radical (unpaired) electrons. The van der Waals surface area contributed by atoms with Crippen LogP contribution in [0, 0.1) is 5.92 Å². The number of aliphatic hydroxyl groups is 1. The lowest BCUT2D eigenvalue weighted by Crippen LogP contribution is -2.50. The van der Waals surface area contributed by atoms with Crippen molar-refractivity contribution in [3.63, 3.8) is 0 Å². The van der Waals surface area contributed by atoms with Crippen LogP contribution in [-0.2, 0) is 4.79 Å². The highest BCUT2D eigenvalue weighted by Crippen LogP contribution is 2.31. The minimum Gasteiger partial charge on any atom is -0.388 e. The van der Waals surface area contributed by atoms with E-state index >= 15 is 0 Å². The van der Waals surface area contributed by atoms with E-state index in [0.29, 0.717) is 6.54 Å². The predicted molar refractivity (Wildman–Crippen MR) is 66.4 cm³/mol. The van der Waals surface area contributed by atoms with Crippen LogP contribution in [0.25, 0.3) is 0 Å². The van der Waals surface area contributed by atoms with E-state index in [2.05, 4.69) is 5.32 Å². The van der Waals surface area contributed by atoms with Crippen molar-refractivity contribution in [2.45, 2.75) is 63.0 Å². The van der Waals surface area contributed by atoms with Crippen molar-refractivity contribution >= 4 is 5.91 Å². The normalized spacial score (nSPS) is 32.4. The van der Waals surface area contributed by atoms with Crippen LogP contribution >= 0.6 is 0 Å². The zero-order valence-corrected chi connectivity index (χ0v) is 10.5. The molecule has 4 nitrogen and oxygen atoms in total. The lowest BCUT2D eigenvalue weighted by atomic mass is 9.80. The van der Waals surface area contributed by atoms with Crippen LogP contribution in [0.1, 0.15) is 51.4 Å². The fourth-order valence-electron chi connectivity index (χ4n) is 2.81. The quantitative estimate of drug-likeness (QED) is 0.642. The molecule has 0 heterocycles. The van der Waals surface area contributed by atoms with Gasteiger partial charge in [0.2, 0.25) is 5.91 Å². The number of carbonyl (C=O) groups is 1. The van der Waals surface area contributed by atoms with Crippen molar-refractivity contribution < 1.29 is 9.90 Å². The predicted octanol–water partition coefficient (Wildman–Crippen LogP) is 0.925. The second-order valence-electron chi connectivity index (χ2n) is 5.70. The Morgan fingerprint density at radius 3 is 2.59 bits per heavy atom. The Labute approximate surface area is 103 Å². The van der Waals surface area contributed by atoms with Crippen LogP contribution in [0.15, 0.2) is 0 Å². The maximum absolute atomic E-state index is 12.0. The summed E-state index contributed by atoms with van der Waals surface area (Å²) >= 11 is 0. The Morgan fingerprint density at radius 1 is 1.24 bits per heavy atom. The molecule has 2 aliphatic rings. The van der Waals surface area contributed by atoms with E-state index in [1.54, 1.807) is 0 Å². The highest BCUT2D eigenvalue weighted by Gasteiger charge is 2.35.